The van der Waals surface area contributed by atoms with Crippen LogP contribution in [0.4, 0.5) is 0 Å². The zero-order valence-corrected chi connectivity index (χ0v) is 10.6. The van der Waals surface area contributed by atoms with Gasteiger partial charge in [-0.25, -0.2) is 0 Å². The highest BCUT2D eigenvalue weighted by atomic mass is 16.6. The van der Waals surface area contributed by atoms with Crippen molar-refractivity contribution in [3.63, 3.8) is 0 Å². The van der Waals surface area contributed by atoms with Crippen LogP contribution in [0.25, 0.3) is 0 Å². The Morgan fingerprint density at radius 3 is 1.94 bits per heavy atom. The van der Waals surface area contributed by atoms with Gasteiger partial charge in [0.15, 0.2) is 5.92 Å². The molecular formula is C12H20O5. The summed E-state index contributed by atoms with van der Waals surface area (Å²) in [5.41, 5.74) is 0. The molecule has 0 aliphatic carbocycles. The summed E-state index contributed by atoms with van der Waals surface area (Å²) in [6.45, 7) is 7.38. The summed E-state index contributed by atoms with van der Waals surface area (Å²) in [5.74, 6) is -2.14. The minimum Gasteiger partial charge on any atom is -0.465 e. The molecule has 0 amide bonds. The van der Waals surface area contributed by atoms with Crippen molar-refractivity contribution in [3.05, 3.63) is 12.7 Å². The lowest BCUT2D eigenvalue weighted by Crippen LogP contribution is -2.31. The van der Waals surface area contributed by atoms with Gasteiger partial charge in [-0.15, -0.1) is 6.58 Å². The molecule has 0 saturated carbocycles. The molecule has 0 saturated heterocycles. The quantitative estimate of drug-likeness (QED) is 0.366. The van der Waals surface area contributed by atoms with E-state index in [0.717, 1.165) is 0 Å². The molecule has 5 heteroatoms. The van der Waals surface area contributed by atoms with Crippen molar-refractivity contribution in [1.29, 1.82) is 0 Å². The summed E-state index contributed by atoms with van der Waals surface area (Å²) in [6, 6.07) is 0. The number of hydrogen-bond donors (Lipinski definition) is 0. The fourth-order valence-electron chi connectivity index (χ4n) is 1.30. The molecule has 5 nitrogen and oxygen atoms in total. The van der Waals surface area contributed by atoms with Gasteiger partial charge in [0.25, 0.3) is 0 Å². The summed E-state index contributed by atoms with van der Waals surface area (Å²) < 4.78 is 14.7. The Morgan fingerprint density at radius 2 is 1.65 bits per heavy atom. The van der Waals surface area contributed by atoms with Gasteiger partial charge in [0.2, 0.25) is 0 Å². The standard InChI is InChI=1S/C12H20O5/c1-5-9(15-4)8-10(11(13)16-6-2)12(14)17-7-3/h5,9-10H,1,6-8H2,2-4H3. The highest BCUT2D eigenvalue weighted by molar-refractivity contribution is 5.94. The Bertz CT molecular complexity index is 244. The van der Waals surface area contributed by atoms with Crippen molar-refractivity contribution in [2.45, 2.75) is 26.4 Å². The molecule has 1 atom stereocenters. The van der Waals surface area contributed by atoms with Gasteiger partial charge in [-0.3, -0.25) is 9.59 Å². The fraction of sp³-hybridized carbons (Fsp3) is 0.667. The van der Waals surface area contributed by atoms with E-state index in [-0.39, 0.29) is 25.7 Å². The van der Waals surface area contributed by atoms with E-state index in [1.807, 2.05) is 0 Å². The second-order valence-corrected chi connectivity index (χ2v) is 3.30. The van der Waals surface area contributed by atoms with Crippen molar-refractivity contribution < 1.29 is 23.8 Å². The van der Waals surface area contributed by atoms with Crippen LogP contribution in [-0.2, 0) is 23.8 Å². The topological polar surface area (TPSA) is 61.8 Å². The second kappa shape index (κ2) is 8.75. The van der Waals surface area contributed by atoms with E-state index in [9.17, 15) is 9.59 Å². The normalized spacial score (nSPS) is 12.0. The van der Waals surface area contributed by atoms with Crippen molar-refractivity contribution in [3.8, 4) is 0 Å². The van der Waals surface area contributed by atoms with E-state index < -0.39 is 17.9 Å². The Labute approximate surface area is 102 Å². The Kier molecular flexibility index (Phi) is 8.05. The highest BCUT2D eigenvalue weighted by Crippen LogP contribution is 2.14. The van der Waals surface area contributed by atoms with Gasteiger partial charge in [-0.1, -0.05) is 6.08 Å². The molecule has 0 aromatic heterocycles. The Hall–Kier alpha value is -1.36. The molecule has 1 unspecified atom stereocenters. The molecule has 0 spiro atoms. The molecule has 0 aromatic rings. The van der Waals surface area contributed by atoms with E-state index in [1.165, 1.54) is 13.2 Å². The molecule has 0 rings (SSSR count). The molecule has 0 heterocycles. The molecule has 0 bridgehead atoms. The third kappa shape index (κ3) is 5.49. The number of rotatable bonds is 8. The van der Waals surface area contributed by atoms with Crippen molar-refractivity contribution >= 4 is 11.9 Å². The van der Waals surface area contributed by atoms with Crippen molar-refractivity contribution in [2.24, 2.45) is 5.92 Å². The maximum Gasteiger partial charge on any atom is 0.320 e. The van der Waals surface area contributed by atoms with Crippen LogP contribution in [0.15, 0.2) is 12.7 Å². The predicted octanol–water partition coefficient (Wildman–Crippen LogP) is 1.32. The zero-order chi connectivity index (χ0) is 13.3. The summed E-state index contributed by atoms with van der Waals surface area (Å²) in [7, 11) is 1.49. The van der Waals surface area contributed by atoms with Crippen LogP contribution < -0.4 is 0 Å². The average molecular weight is 244 g/mol. The lowest BCUT2D eigenvalue weighted by molar-refractivity contribution is -0.163. The zero-order valence-electron chi connectivity index (χ0n) is 10.6. The van der Waals surface area contributed by atoms with Gasteiger partial charge < -0.3 is 14.2 Å². The molecule has 0 radical (unpaired) electrons. The molecule has 0 aliphatic rings. The van der Waals surface area contributed by atoms with Crippen LogP contribution >= 0.6 is 0 Å². The summed E-state index contributed by atoms with van der Waals surface area (Å²) in [5, 5.41) is 0. The van der Waals surface area contributed by atoms with Gasteiger partial charge in [-0.2, -0.15) is 0 Å². The van der Waals surface area contributed by atoms with Crippen LogP contribution in [0.3, 0.4) is 0 Å². The molecule has 98 valence electrons. The SMILES string of the molecule is C=CC(CC(C(=O)OCC)C(=O)OCC)OC. The smallest absolute Gasteiger partial charge is 0.320 e. The van der Waals surface area contributed by atoms with Crippen molar-refractivity contribution in [1.82, 2.24) is 0 Å². The molecule has 17 heavy (non-hydrogen) atoms. The van der Waals surface area contributed by atoms with E-state index >= 15 is 0 Å². The number of carbonyl (C=O) groups is 2. The minimum atomic E-state index is -0.960. The lowest BCUT2D eigenvalue weighted by atomic mass is 10.0. The summed E-state index contributed by atoms with van der Waals surface area (Å²) in [6.07, 6.45) is 1.33. The third-order valence-electron chi connectivity index (χ3n) is 2.18. The van der Waals surface area contributed by atoms with Crippen LogP contribution in [0, 0.1) is 5.92 Å². The Balaban J connectivity index is 4.65. The van der Waals surface area contributed by atoms with Crippen LogP contribution in [0.2, 0.25) is 0 Å². The lowest BCUT2D eigenvalue weighted by Gasteiger charge is -2.17. The fourth-order valence-corrected chi connectivity index (χ4v) is 1.30. The minimum absolute atomic E-state index is 0.178. The van der Waals surface area contributed by atoms with E-state index in [1.54, 1.807) is 13.8 Å². The van der Waals surface area contributed by atoms with Crippen LogP contribution in [0.5, 0.6) is 0 Å². The first-order valence-electron chi connectivity index (χ1n) is 5.59. The van der Waals surface area contributed by atoms with E-state index in [4.69, 9.17) is 14.2 Å². The third-order valence-corrected chi connectivity index (χ3v) is 2.18. The molecular weight excluding hydrogens is 224 g/mol. The van der Waals surface area contributed by atoms with Crippen LogP contribution in [0.1, 0.15) is 20.3 Å². The maximum absolute atomic E-state index is 11.6. The molecule has 0 aliphatic heterocycles. The average Bonchev–Trinajstić information content (AvgIpc) is 2.31. The van der Waals surface area contributed by atoms with Gasteiger partial charge in [0, 0.05) is 13.5 Å². The highest BCUT2D eigenvalue weighted by Gasteiger charge is 2.31. The van der Waals surface area contributed by atoms with Gasteiger partial charge in [-0.05, 0) is 13.8 Å². The van der Waals surface area contributed by atoms with Gasteiger partial charge in [0.05, 0.1) is 19.3 Å². The van der Waals surface area contributed by atoms with Gasteiger partial charge >= 0.3 is 11.9 Å². The number of carbonyl (C=O) groups excluding carboxylic acids is 2. The first kappa shape index (κ1) is 15.6. The van der Waals surface area contributed by atoms with Crippen LogP contribution in [-0.4, -0.2) is 38.4 Å². The van der Waals surface area contributed by atoms with E-state index in [2.05, 4.69) is 6.58 Å². The monoisotopic (exact) mass is 244 g/mol. The Morgan fingerprint density at radius 1 is 1.18 bits per heavy atom. The number of esters is 2. The second-order valence-electron chi connectivity index (χ2n) is 3.30. The molecule has 0 aromatic carbocycles. The molecule has 0 N–H and O–H groups in total. The number of hydrogen-bond acceptors (Lipinski definition) is 5. The summed E-state index contributed by atoms with van der Waals surface area (Å²) in [4.78, 5) is 23.2. The maximum atomic E-state index is 11.6. The predicted molar refractivity (Wildman–Crippen MR) is 62.4 cm³/mol. The number of methoxy groups -OCH3 is 1. The van der Waals surface area contributed by atoms with Gasteiger partial charge in [0.1, 0.15) is 0 Å². The van der Waals surface area contributed by atoms with Crippen molar-refractivity contribution in [2.75, 3.05) is 20.3 Å². The van der Waals surface area contributed by atoms with E-state index in [0.29, 0.717) is 0 Å². The molecule has 0 fully saturated rings. The summed E-state index contributed by atoms with van der Waals surface area (Å²) >= 11 is 0. The number of ether oxygens (including phenoxy) is 3. The first-order valence-corrected chi connectivity index (χ1v) is 5.59. The largest absolute Gasteiger partial charge is 0.465 e. The first-order chi connectivity index (χ1) is 8.10.